The normalized spacial score (nSPS) is 20.9. The molecule has 1 atom stereocenters. The summed E-state index contributed by atoms with van der Waals surface area (Å²) in [5, 5.41) is 3.49. The van der Waals surface area contributed by atoms with E-state index in [1.807, 2.05) is 0 Å². The molecule has 90 valence electrons. The van der Waals surface area contributed by atoms with E-state index in [4.69, 9.17) is 5.73 Å². The van der Waals surface area contributed by atoms with Crippen LogP contribution in [0.15, 0.2) is 0 Å². The molecule has 0 aromatic carbocycles. The number of halogens is 3. The summed E-state index contributed by atoms with van der Waals surface area (Å²) in [5.41, 5.74) is 5.43. The molecule has 0 saturated heterocycles. The molecule has 0 aliphatic carbocycles. The molecule has 0 radical (unpaired) electrons. The third kappa shape index (κ3) is 2.04. The Labute approximate surface area is 90.6 Å². The highest BCUT2D eigenvalue weighted by Gasteiger charge is 2.38. The van der Waals surface area contributed by atoms with Gasteiger partial charge < -0.3 is 5.73 Å². The summed E-state index contributed by atoms with van der Waals surface area (Å²) in [6.07, 6.45) is -2.13. The van der Waals surface area contributed by atoms with Crippen LogP contribution in [0.5, 0.6) is 0 Å². The number of aryl methyl sites for hydroxylation is 1. The quantitative estimate of drug-likeness (QED) is 0.844. The van der Waals surface area contributed by atoms with Gasteiger partial charge in [0.05, 0.1) is 0 Å². The molecule has 0 saturated carbocycles. The average molecular weight is 234 g/mol. The Morgan fingerprint density at radius 1 is 1.44 bits per heavy atom. The average Bonchev–Trinajstić information content (AvgIpc) is 2.62. The van der Waals surface area contributed by atoms with Gasteiger partial charge in [0, 0.05) is 12.5 Å². The molecule has 1 aliphatic rings. The van der Waals surface area contributed by atoms with Gasteiger partial charge in [-0.1, -0.05) is 0 Å². The predicted molar refractivity (Wildman–Crippen MR) is 50.7 cm³/mol. The van der Waals surface area contributed by atoms with Crippen molar-refractivity contribution < 1.29 is 13.2 Å². The Kier molecular flexibility index (Phi) is 2.88. The molecule has 0 fully saturated rings. The van der Waals surface area contributed by atoms with Crippen LogP contribution in [-0.2, 0) is 12.7 Å². The van der Waals surface area contributed by atoms with Crippen LogP contribution in [0.1, 0.15) is 36.8 Å². The second-order valence-corrected chi connectivity index (χ2v) is 3.93. The van der Waals surface area contributed by atoms with E-state index in [9.17, 15) is 13.2 Å². The van der Waals surface area contributed by atoms with Gasteiger partial charge in [0.15, 0.2) is 0 Å². The zero-order valence-electron chi connectivity index (χ0n) is 8.67. The Bertz CT molecular complexity index is 371. The van der Waals surface area contributed by atoms with Gasteiger partial charge in [-0.25, -0.2) is 9.67 Å². The molecular weight excluding hydrogens is 221 g/mol. The maximum Gasteiger partial charge on any atom is 0.453 e. The van der Waals surface area contributed by atoms with E-state index in [1.165, 1.54) is 4.68 Å². The van der Waals surface area contributed by atoms with Gasteiger partial charge >= 0.3 is 6.18 Å². The maximum atomic E-state index is 12.4. The lowest BCUT2D eigenvalue weighted by Gasteiger charge is -2.21. The van der Waals surface area contributed by atoms with Crippen molar-refractivity contribution >= 4 is 0 Å². The van der Waals surface area contributed by atoms with Gasteiger partial charge in [-0.05, 0) is 25.8 Å². The van der Waals surface area contributed by atoms with Crippen molar-refractivity contribution in [1.82, 2.24) is 14.8 Å². The number of aromatic nitrogens is 3. The molecule has 7 heteroatoms. The number of rotatable bonds is 2. The molecule has 16 heavy (non-hydrogen) atoms. The summed E-state index contributed by atoms with van der Waals surface area (Å²) in [5.74, 6) is -0.585. The lowest BCUT2D eigenvalue weighted by Crippen LogP contribution is -2.19. The lowest BCUT2D eigenvalue weighted by atomic mass is 9.96. The number of nitrogens with zero attached hydrogens (tertiary/aromatic N) is 3. The third-order valence-corrected chi connectivity index (χ3v) is 2.76. The molecule has 0 spiro atoms. The molecule has 0 amide bonds. The first-order chi connectivity index (χ1) is 7.52. The van der Waals surface area contributed by atoms with E-state index in [0.29, 0.717) is 25.3 Å². The SMILES string of the molecule is NCCC1CCCn2nc(C(F)(F)F)nc21. The summed E-state index contributed by atoms with van der Waals surface area (Å²) in [4.78, 5) is 3.59. The van der Waals surface area contributed by atoms with Crippen LogP contribution in [0.4, 0.5) is 13.2 Å². The van der Waals surface area contributed by atoms with Crippen molar-refractivity contribution in [3.8, 4) is 0 Å². The fourth-order valence-electron chi connectivity index (χ4n) is 2.03. The molecule has 4 nitrogen and oxygen atoms in total. The van der Waals surface area contributed by atoms with Crippen LogP contribution in [0, 0.1) is 0 Å². The second kappa shape index (κ2) is 4.04. The van der Waals surface area contributed by atoms with Gasteiger partial charge in [0.25, 0.3) is 5.82 Å². The van der Waals surface area contributed by atoms with Gasteiger partial charge in [0.1, 0.15) is 5.82 Å². The second-order valence-electron chi connectivity index (χ2n) is 3.93. The van der Waals surface area contributed by atoms with E-state index in [0.717, 1.165) is 12.8 Å². The fraction of sp³-hybridized carbons (Fsp3) is 0.778. The zero-order valence-corrected chi connectivity index (χ0v) is 8.67. The lowest BCUT2D eigenvalue weighted by molar-refractivity contribution is -0.145. The topological polar surface area (TPSA) is 56.7 Å². The monoisotopic (exact) mass is 234 g/mol. The van der Waals surface area contributed by atoms with Crippen LogP contribution in [0.3, 0.4) is 0 Å². The molecule has 0 bridgehead atoms. The smallest absolute Gasteiger partial charge is 0.330 e. The molecule has 1 aromatic heterocycles. The third-order valence-electron chi connectivity index (χ3n) is 2.76. The highest BCUT2D eigenvalue weighted by Crippen LogP contribution is 2.32. The first-order valence-corrected chi connectivity index (χ1v) is 5.24. The summed E-state index contributed by atoms with van der Waals surface area (Å²) in [7, 11) is 0. The Hall–Kier alpha value is -1.11. The van der Waals surface area contributed by atoms with Crippen molar-refractivity contribution in [1.29, 1.82) is 0 Å². The van der Waals surface area contributed by atoms with Gasteiger partial charge in [-0.2, -0.15) is 13.2 Å². The maximum absolute atomic E-state index is 12.4. The molecule has 1 aliphatic heterocycles. The summed E-state index contributed by atoms with van der Waals surface area (Å²) < 4.78 is 38.6. The molecule has 2 rings (SSSR count). The largest absolute Gasteiger partial charge is 0.453 e. The Balaban J connectivity index is 2.31. The van der Waals surface area contributed by atoms with Crippen molar-refractivity contribution in [3.63, 3.8) is 0 Å². The number of hydrogen-bond donors (Lipinski definition) is 1. The predicted octanol–water partition coefficient (Wildman–Crippen LogP) is 1.52. The van der Waals surface area contributed by atoms with Gasteiger partial charge in [-0.3, -0.25) is 0 Å². The van der Waals surface area contributed by atoms with Crippen LogP contribution < -0.4 is 5.73 Å². The Morgan fingerprint density at radius 3 is 2.81 bits per heavy atom. The standard InChI is InChI=1S/C9H13F3N4/c10-9(11,12)8-14-7-6(3-4-13)2-1-5-16(7)15-8/h6H,1-5,13H2. The molecule has 1 aromatic rings. The van der Waals surface area contributed by atoms with Crippen LogP contribution in [0.25, 0.3) is 0 Å². The van der Waals surface area contributed by atoms with Crippen molar-refractivity contribution in [2.75, 3.05) is 6.54 Å². The highest BCUT2D eigenvalue weighted by molar-refractivity contribution is 5.04. The molecule has 2 N–H and O–H groups in total. The first-order valence-electron chi connectivity index (χ1n) is 5.24. The minimum absolute atomic E-state index is 0.0161. The zero-order chi connectivity index (χ0) is 11.8. The minimum Gasteiger partial charge on any atom is -0.330 e. The summed E-state index contributed by atoms with van der Waals surface area (Å²) >= 11 is 0. The van der Waals surface area contributed by atoms with E-state index in [-0.39, 0.29) is 5.92 Å². The highest BCUT2D eigenvalue weighted by atomic mass is 19.4. The van der Waals surface area contributed by atoms with Crippen molar-refractivity contribution in [3.05, 3.63) is 11.6 Å². The van der Waals surface area contributed by atoms with Crippen LogP contribution >= 0.6 is 0 Å². The van der Waals surface area contributed by atoms with E-state index >= 15 is 0 Å². The molecular formula is C9H13F3N4. The molecule has 1 unspecified atom stereocenters. The first kappa shape index (κ1) is 11.4. The molecule has 2 heterocycles. The van der Waals surface area contributed by atoms with Crippen molar-refractivity contribution in [2.24, 2.45) is 5.73 Å². The number of fused-ring (bicyclic) bond motifs is 1. The number of hydrogen-bond acceptors (Lipinski definition) is 3. The van der Waals surface area contributed by atoms with E-state index < -0.39 is 12.0 Å². The minimum atomic E-state index is -4.46. The Morgan fingerprint density at radius 2 is 2.19 bits per heavy atom. The van der Waals surface area contributed by atoms with Crippen molar-refractivity contribution in [2.45, 2.75) is 37.9 Å². The van der Waals surface area contributed by atoms with Crippen LogP contribution in [-0.4, -0.2) is 21.3 Å². The summed E-state index contributed by atoms with van der Waals surface area (Å²) in [6.45, 7) is 0.971. The number of nitrogens with two attached hydrogens (primary N) is 1. The van der Waals surface area contributed by atoms with E-state index in [1.54, 1.807) is 0 Å². The van der Waals surface area contributed by atoms with Crippen LogP contribution in [0.2, 0.25) is 0 Å². The summed E-state index contributed by atoms with van der Waals surface area (Å²) in [6, 6.07) is 0. The number of alkyl halides is 3. The van der Waals surface area contributed by atoms with E-state index in [2.05, 4.69) is 10.1 Å². The van der Waals surface area contributed by atoms with Gasteiger partial charge in [-0.15, -0.1) is 5.10 Å². The fourth-order valence-corrected chi connectivity index (χ4v) is 2.03. The van der Waals surface area contributed by atoms with Gasteiger partial charge in [0.2, 0.25) is 0 Å².